The first-order valence-corrected chi connectivity index (χ1v) is 13.4. The minimum Gasteiger partial charge on any atom is -0.283 e. The summed E-state index contributed by atoms with van der Waals surface area (Å²) in [4.78, 5) is 20.0. The molecule has 6 nitrogen and oxygen atoms in total. The molecule has 1 fully saturated rings. The number of thiazole rings is 1. The maximum absolute atomic E-state index is 13.6. The van der Waals surface area contributed by atoms with Crippen molar-refractivity contribution in [2.24, 2.45) is 5.92 Å². The number of rotatable bonds is 7. The summed E-state index contributed by atoms with van der Waals surface area (Å²) in [7, 11) is -3.25. The smallest absolute Gasteiger partial charge is 0.232 e. The molecule has 1 amide bonds. The van der Waals surface area contributed by atoms with Gasteiger partial charge in [0, 0.05) is 30.0 Å². The van der Waals surface area contributed by atoms with Gasteiger partial charge in [0.05, 0.1) is 18.0 Å². The molecule has 0 spiro atoms. The summed E-state index contributed by atoms with van der Waals surface area (Å²) < 4.78 is 39.2. The lowest BCUT2D eigenvalue weighted by atomic mass is 9.96. The van der Waals surface area contributed by atoms with Gasteiger partial charge in [0.15, 0.2) is 5.13 Å². The van der Waals surface area contributed by atoms with Crippen LogP contribution in [0.5, 0.6) is 0 Å². The number of carbonyl (C=O) groups is 1. The van der Waals surface area contributed by atoms with Crippen LogP contribution in [-0.2, 0) is 21.4 Å². The van der Waals surface area contributed by atoms with E-state index in [1.807, 2.05) is 35.7 Å². The van der Waals surface area contributed by atoms with Gasteiger partial charge >= 0.3 is 0 Å². The predicted molar refractivity (Wildman–Crippen MR) is 129 cm³/mol. The van der Waals surface area contributed by atoms with E-state index in [-0.39, 0.29) is 23.4 Å². The molecule has 0 N–H and O–H groups in total. The maximum atomic E-state index is 13.6. The van der Waals surface area contributed by atoms with E-state index in [4.69, 9.17) is 0 Å². The Morgan fingerprint density at radius 3 is 2.42 bits per heavy atom. The molecule has 33 heavy (non-hydrogen) atoms. The number of hydrogen-bond donors (Lipinski definition) is 0. The number of sulfonamides is 1. The third-order valence-corrected chi connectivity index (χ3v) is 8.62. The number of nitrogens with zero attached hydrogens (tertiary/aromatic N) is 3. The molecule has 2 aromatic carbocycles. The van der Waals surface area contributed by atoms with Crippen LogP contribution in [0.1, 0.15) is 25.3 Å². The van der Waals surface area contributed by atoms with Gasteiger partial charge in [-0.25, -0.2) is 22.1 Å². The van der Waals surface area contributed by atoms with Gasteiger partial charge in [-0.2, -0.15) is 0 Å². The number of hydrogen-bond acceptors (Lipinski definition) is 5. The molecule has 2 heterocycles. The largest absolute Gasteiger partial charge is 0.283 e. The van der Waals surface area contributed by atoms with Gasteiger partial charge in [-0.1, -0.05) is 30.3 Å². The second-order valence-electron chi connectivity index (χ2n) is 8.01. The first-order valence-electron chi connectivity index (χ1n) is 10.9. The van der Waals surface area contributed by atoms with E-state index in [1.165, 1.54) is 27.8 Å². The van der Waals surface area contributed by atoms with E-state index in [9.17, 15) is 17.6 Å². The van der Waals surface area contributed by atoms with Crippen LogP contribution in [0.3, 0.4) is 0 Å². The molecular formula is C24H26FN3O3S2. The van der Waals surface area contributed by atoms with Crippen molar-refractivity contribution >= 4 is 32.4 Å². The van der Waals surface area contributed by atoms with Crippen molar-refractivity contribution in [1.82, 2.24) is 9.29 Å². The average molecular weight is 488 g/mol. The lowest BCUT2D eigenvalue weighted by Gasteiger charge is -2.32. The molecule has 4 rings (SSSR count). The van der Waals surface area contributed by atoms with Gasteiger partial charge in [-0.15, -0.1) is 11.3 Å². The Morgan fingerprint density at radius 2 is 1.79 bits per heavy atom. The van der Waals surface area contributed by atoms with Gasteiger partial charge in [-0.3, -0.25) is 9.69 Å². The number of anilines is 1. The minimum atomic E-state index is -3.25. The van der Waals surface area contributed by atoms with Crippen molar-refractivity contribution in [1.29, 1.82) is 0 Å². The molecule has 0 bridgehead atoms. The SMILES string of the molecule is CCS(=O)(=O)N1CCC(C(=O)N(Cc2ccccc2)c2nc(-c3ccc(F)cc3)cs2)CC1. The zero-order chi connectivity index (χ0) is 23.4. The van der Waals surface area contributed by atoms with Crippen LogP contribution < -0.4 is 4.90 Å². The Kier molecular flexibility index (Phi) is 7.21. The molecule has 0 unspecified atom stereocenters. The van der Waals surface area contributed by atoms with Crippen LogP contribution in [0.4, 0.5) is 9.52 Å². The Bertz CT molecular complexity index is 1190. The summed E-state index contributed by atoms with van der Waals surface area (Å²) in [5, 5.41) is 2.44. The lowest BCUT2D eigenvalue weighted by molar-refractivity contribution is -0.123. The highest BCUT2D eigenvalue weighted by atomic mass is 32.2. The highest BCUT2D eigenvalue weighted by Gasteiger charge is 2.33. The molecule has 1 saturated heterocycles. The van der Waals surface area contributed by atoms with Crippen LogP contribution in [0.15, 0.2) is 60.0 Å². The second kappa shape index (κ2) is 10.1. The summed E-state index contributed by atoms with van der Waals surface area (Å²) in [6.07, 6.45) is 0.971. The van der Waals surface area contributed by atoms with E-state index in [2.05, 4.69) is 4.98 Å². The highest BCUT2D eigenvalue weighted by molar-refractivity contribution is 7.89. The number of aromatic nitrogens is 1. The summed E-state index contributed by atoms with van der Waals surface area (Å²) in [6.45, 7) is 2.72. The second-order valence-corrected chi connectivity index (χ2v) is 11.1. The van der Waals surface area contributed by atoms with Crippen LogP contribution in [-0.4, -0.2) is 42.5 Å². The third-order valence-electron chi connectivity index (χ3n) is 5.87. The standard InChI is InChI=1S/C24H26FN3O3S2/c1-2-33(30,31)27-14-12-20(13-15-27)23(29)28(16-18-6-4-3-5-7-18)24-26-22(17-32-24)19-8-10-21(25)11-9-19/h3-11,17,20H,2,12-16H2,1H3. The monoisotopic (exact) mass is 487 g/mol. The van der Waals surface area contributed by atoms with Gasteiger partial charge in [-0.05, 0) is 49.6 Å². The zero-order valence-electron chi connectivity index (χ0n) is 18.4. The summed E-state index contributed by atoms with van der Waals surface area (Å²) in [5.74, 6) is -0.564. The molecule has 0 atom stereocenters. The van der Waals surface area contributed by atoms with Crippen molar-refractivity contribution in [3.63, 3.8) is 0 Å². The van der Waals surface area contributed by atoms with Crippen LogP contribution in [0.2, 0.25) is 0 Å². The van der Waals surface area contributed by atoms with E-state index in [0.717, 1.165) is 11.1 Å². The van der Waals surface area contributed by atoms with Crippen molar-refractivity contribution in [3.05, 3.63) is 71.4 Å². The Hall–Kier alpha value is -2.62. The first kappa shape index (κ1) is 23.5. The fraction of sp³-hybridized carbons (Fsp3) is 0.333. The lowest BCUT2D eigenvalue weighted by Crippen LogP contribution is -2.44. The Balaban J connectivity index is 1.57. The van der Waals surface area contributed by atoms with Gasteiger partial charge in [0.25, 0.3) is 0 Å². The molecule has 0 aliphatic carbocycles. The average Bonchev–Trinajstić information content (AvgIpc) is 3.33. The fourth-order valence-corrected chi connectivity index (χ4v) is 5.90. The topological polar surface area (TPSA) is 70.6 Å². The normalized spacial score (nSPS) is 15.5. The van der Waals surface area contributed by atoms with E-state index in [1.54, 1.807) is 24.0 Å². The van der Waals surface area contributed by atoms with E-state index in [0.29, 0.717) is 43.3 Å². The molecule has 1 aliphatic heterocycles. The van der Waals surface area contributed by atoms with Crippen molar-refractivity contribution in [2.45, 2.75) is 26.3 Å². The summed E-state index contributed by atoms with van der Waals surface area (Å²) >= 11 is 1.37. The Morgan fingerprint density at radius 1 is 1.12 bits per heavy atom. The molecule has 1 aliphatic rings. The van der Waals surface area contributed by atoms with Crippen LogP contribution >= 0.6 is 11.3 Å². The molecule has 1 aromatic heterocycles. The van der Waals surface area contributed by atoms with Crippen molar-refractivity contribution in [3.8, 4) is 11.3 Å². The van der Waals surface area contributed by atoms with Gasteiger partial charge in [0.1, 0.15) is 5.82 Å². The molecule has 174 valence electrons. The van der Waals surface area contributed by atoms with Gasteiger partial charge < -0.3 is 0 Å². The number of carbonyl (C=O) groups excluding carboxylic acids is 1. The van der Waals surface area contributed by atoms with E-state index >= 15 is 0 Å². The quantitative estimate of drug-likeness (QED) is 0.491. The van der Waals surface area contributed by atoms with Gasteiger partial charge in [0.2, 0.25) is 15.9 Å². The number of amides is 1. The molecule has 0 saturated carbocycles. The first-order chi connectivity index (χ1) is 15.9. The van der Waals surface area contributed by atoms with Crippen molar-refractivity contribution < 1.29 is 17.6 Å². The third kappa shape index (κ3) is 5.48. The number of piperidine rings is 1. The molecule has 3 aromatic rings. The summed E-state index contributed by atoms with van der Waals surface area (Å²) in [6, 6.07) is 15.8. The van der Waals surface area contributed by atoms with Crippen molar-refractivity contribution in [2.75, 3.05) is 23.7 Å². The maximum Gasteiger partial charge on any atom is 0.232 e. The molecule has 0 radical (unpaired) electrons. The zero-order valence-corrected chi connectivity index (χ0v) is 20.0. The summed E-state index contributed by atoms with van der Waals surface area (Å²) in [5.41, 5.74) is 2.45. The minimum absolute atomic E-state index is 0.0487. The number of halogens is 1. The van der Waals surface area contributed by atoms with Crippen LogP contribution in [0.25, 0.3) is 11.3 Å². The molecular weight excluding hydrogens is 461 g/mol. The highest BCUT2D eigenvalue weighted by Crippen LogP contribution is 2.31. The predicted octanol–water partition coefficient (Wildman–Crippen LogP) is 4.54. The molecule has 9 heteroatoms. The Labute approximate surface area is 197 Å². The van der Waals surface area contributed by atoms with E-state index < -0.39 is 10.0 Å². The van der Waals surface area contributed by atoms with Crippen LogP contribution in [0, 0.1) is 11.7 Å². The number of benzene rings is 2. The fourth-order valence-electron chi connectivity index (χ4n) is 3.93.